The molecule has 3 rings (SSSR count). The molecule has 1 fully saturated rings. The molecule has 2 aliphatic rings. The van der Waals surface area contributed by atoms with E-state index in [4.69, 9.17) is 4.98 Å². The molecule has 0 atom stereocenters. The van der Waals surface area contributed by atoms with E-state index in [9.17, 15) is 0 Å². The second-order valence-electron chi connectivity index (χ2n) is 4.93. The van der Waals surface area contributed by atoms with Crippen molar-refractivity contribution >= 4 is 17.6 Å². The van der Waals surface area contributed by atoms with Crippen LogP contribution in [0.5, 0.6) is 0 Å². The van der Waals surface area contributed by atoms with Crippen LogP contribution in [0.15, 0.2) is 5.16 Å². The Bertz CT molecular complexity index is 429. The first-order valence-corrected chi connectivity index (χ1v) is 8.00. The summed E-state index contributed by atoms with van der Waals surface area (Å²) in [5.41, 5.74) is 2.59. The highest BCUT2D eigenvalue weighted by atomic mass is 32.2. The maximum absolute atomic E-state index is 4.78. The molecule has 1 saturated heterocycles. The molecule has 1 N–H and O–H groups in total. The Morgan fingerprint density at radius 1 is 1.17 bits per heavy atom. The van der Waals surface area contributed by atoms with Gasteiger partial charge in [-0.2, -0.15) is 0 Å². The SMILES string of the molecule is CSc1nc2c(c(N3CCCCC3)n1)CCNC2. The third-order valence-corrected chi connectivity index (χ3v) is 4.28. The van der Waals surface area contributed by atoms with Crippen LogP contribution in [0.2, 0.25) is 0 Å². The smallest absolute Gasteiger partial charge is 0.189 e. The van der Waals surface area contributed by atoms with E-state index >= 15 is 0 Å². The van der Waals surface area contributed by atoms with Crippen molar-refractivity contribution in [1.29, 1.82) is 0 Å². The first kappa shape index (κ1) is 12.2. The van der Waals surface area contributed by atoms with Crippen LogP contribution in [0.1, 0.15) is 30.5 Å². The van der Waals surface area contributed by atoms with Crippen LogP contribution in [-0.4, -0.2) is 35.9 Å². The van der Waals surface area contributed by atoms with Crippen molar-refractivity contribution < 1.29 is 0 Å². The number of fused-ring (bicyclic) bond motifs is 1. The number of anilines is 1. The molecule has 0 aliphatic carbocycles. The highest BCUT2D eigenvalue weighted by molar-refractivity contribution is 7.98. The molecule has 0 spiro atoms. The summed E-state index contributed by atoms with van der Waals surface area (Å²) in [6.45, 7) is 4.26. The molecule has 5 heteroatoms. The third kappa shape index (κ3) is 2.34. The van der Waals surface area contributed by atoms with Crippen LogP contribution >= 0.6 is 11.8 Å². The van der Waals surface area contributed by atoms with Crippen LogP contribution < -0.4 is 10.2 Å². The lowest BCUT2D eigenvalue weighted by Gasteiger charge is -2.31. The quantitative estimate of drug-likeness (QED) is 0.652. The molecule has 4 nitrogen and oxygen atoms in total. The van der Waals surface area contributed by atoms with Gasteiger partial charge < -0.3 is 10.2 Å². The van der Waals surface area contributed by atoms with E-state index in [0.29, 0.717) is 0 Å². The van der Waals surface area contributed by atoms with Crippen LogP contribution in [0.25, 0.3) is 0 Å². The van der Waals surface area contributed by atoms with Gasteiger partial charge in [-0.05, 0) is 38.5 Å². The number of nitrogens with one attached hydrogen (secondary N) is 1. The summed E-state index contributed by atoms with van der Waals surface area (Å²) in [5.74, 6) is 1.21. The minimum absolute atomic E-state index is 0.895. The van der Waals surface area contributed by atoms with Gasteiger partial charge in [0.1, 0.15) is 5.82 Å². The molecule has 2 aliphatic heterocycles. The van der Waals surface area contributed by atoms with E-state index in [1.807, 2.05) is 0 Å². The summed E-state index contributed by atoms with van der Waals surface area (Å²) in [6.07, 6.45) is 7.08. The number of hydrogen-bond donors (Lipinski definition) is 1. The Kier molecular flexibility index (Phi) is 3.70. The largest absolute Gasteiger partial charge is 0.356 e. The summed E-state index contributed by atoms with van der Waals surface area (Å²) in [5, 5.41) is 4.32. The first-order valence-electron chi connectivity index (χ1n) is 6.78. The monoisotopic (exact) mass is 264 g/mol. The van der Waals surface area contributed by atoms with Gasteiger partial charge in [-0.3, -0.25) is 0 Å². The Morgan fingerprint density at radius 3 is 2.78 bits per heavy atom. The van der Waals surface area contributed by atoms with E-state index in [1.54, 1.807) is 11.8 Å². The number of rotatable bonds is 2. The Balaban J connectivity index is 1.99. The van der Waals surface area contributed by atoms with Crippen LogP contribution in [-0.2, 0) is 13.0 Å². The fourth-order valence-corrected chi connectivity index (χ4v) is 3.16. The van der Waals surface area contributed by atoms with E-state index in [-0.39, 0.29) is 0 Å². The average Bonchev–Trinajstić information content (AvgIpc) is 2.47. The van der Waals surface area contributed by atoms with Crippen LogP contribution in [0.4, 0.5) is 5.82 Å². The van der Waals surface area contributed by atoms with Gasteiger partial charge in [0, 0.05) is 25.2 Å². The predicted molar refractivity (Wildman–Crippen MR) is 75.3 cm³/mol. The second kappa shape index (κ2) is 5.45. The topological polar surface area (TPSA) is 41.1 Å². The molecule has 98 valence electrons. The Hall–Kier alpha value is -0.810. The van der Waals surface area contributed by atoms with Gasteiger partial charge in [0.15, 0.2) is 5.16 Å². The summed E-state index contributed by atoms with van der Waals surface area (Å²) in [4.78, 5) is 11.9. The molecular weight excluding hydrogens is 244 g/mol. The van der Waals surface area contributed by atoms with Crippen molar-refractivity contribution in [2.75, 3.05) is 30.8 Å². The Morgan fingerprint density at radius 2 is 2.00 bits per heavy atom. The van der Waals surface area contributed by atoms with Crippen molar-refractivity contribution in [2.24, 2.45) is 0 Å². The summed E-state index contributed by atoms with van der Waals surface area (Å²) < 4.78 is 0. The minimum atomic E-state index is 0.895. The number of thioether (sulfide) groups is 1. The lowest BCUT2D eigenvalue weighted by Crippen LogP contribution is -2.34. The summed E-state index contributed by atoms with van der Waals surface area (Å²) in [6, 6.07) is 0. The maximum Gasteiger partial charge on any atom is 0.189 e. The molecule has 1 aromatic heterocycles. The molecule has 0 bridgehead atoms. The Labute approximate surface area is 113 Å². The lowest BCUT2D eigenvalue weighted by molar-refractivity contribution is 0.558. The number of piperidine rings is 1. The first-order chi connectivity index (χ1) is 8.88. The van der Waals surface area contributed by atoms with Gasteiger partial charge >= 0.3 is 0 Å². The van der Waals surface area contributed by atoms with Gasteiger partial charge in [-0.1, -0.05) is 11.8 Å². The molecule has 0 unspecified atom stereocenters. The number of hydrogen-bond acceptors (Lipinski definition) is 5. The zero-order valence-electron chi connectivity index (χ0n) is 10.9. The van der Waals surface area contributed by atoms with Gasteiger partial charge in [-0.15, -0.1) is 0 Å². The van der Waals surface area contributed by atoms with Crippen molar-refractivity contribution in [3.05, 3.63) is 11.3 Å². The van der Waals surface area contributed by atoms with E-state index in [1.165, 1.54) is 36.3 Å². The predicted octanol–water partition coefficient (Wildman–Crippen LogP) is 1.83. The van der Waals surface area contributed by atoms with Gasteiger partial charge in [-0.25, -0.2) is 9.97 Å². The van der Waals surface area contributed by atoms with Gasteiger partial charge in [0.2, 0.25) is 0 Å². The molecular formula is C13H20N4S. The molecule has 3 heterocycles. The van der Waals surface area contributed by atoms with E-state index in [0.717, 1.165) is 37.8 Å². The highest BCUT2D eigenvalue weighted by Gasteiger charge is 2.22. The fraction of sp³-hybridized carbons (Fsp3) is 0.692. The lowest BCUT2D eigenvalue weighted by atomic mass is 10.0. The van der Waals surface area contributed by atoms with E-state index < -0.39 is 0 Å². The fourth-order valence-electron chi connectivity index (χ4n) is 2.78. The maximum atomic E-state index is 4.78. The number of nitrogens with zero attached hydrogens (tertiary/aromatic N) is 3. The molecule has 0 aromatic carbocycles. The zero-order valence-corrected chi connectivity index (χ0v) is 11.7. The summed E-state index contributed by atoms with van der Waals surface area (Å²) >= 11 is 1.64. The molecule has 18 heavy (non-hydrogen) atoms. The van der Waals surface area contributed by atoms with Gasteiger partial charge in [0.25, 0.3) is 0 Å². The number of aromatic nitrogens is 2. The standard InChI is InChI=1S/C13H20N4S/c1-18-13-15-11-9-14-6-5-10(11)12(16-13)17-7-3-2-4-8-17/h14H,2-9H2,1H3. The van der Waals surface area contributed by atoms with Crippen molar-refractivity contribution in [3.8, 4) is 0 Å². The average molecular weight is 264 g/mol. The van der Waals surface area contributed by atoms with Crippen molar-refractivity contribution in [2.45, 2.75) is 37.4 Å². The van der Waals surface area contributed by atoms with Gasteiger partial charge in [0.05, 0.1) is 5.69 Å². The van der Waals surface area contributed by atoms with Crippen molar-refractivity contribution in [3.63, 3.8) is 0 Å². The minimum Gasteiger partial charge on any atom is -0.356 e. The second-order valence-corrected chi connectivity index (χ2v) is 5.71. The highest BCUT2D eigenvalue weighted by Crippen LogP contribution is 2.28. The molecule has 1 aromatic rings. The van der Waals surface area contributed by atoms with Crippen LogP contribution in [0.3, 0.4) is 0 Å². The zero-order chi connectivity index (χ0) is 12.4. The molecule has 0 amide bonds. The molecule has 0 radical (unpaired) electrons. The normalized spacial score (nSPS) is 19.7. The molecule has 0 saturated carbocycles. The third-order valence-electron chi connectivity index (χ3n) is 3.73. The van der Waals surface area contributed by atoms with Crippen molar-refractivity contribution in [1.82, 2.24) is 15.3 Å². The summed E-state index contributed by atoms with van der Waals surface area (Å²) in [7, 11) is 0. The van der Waals surface area contributed by atoms with E-state index in [2.05, 4.69) is 21.5 Å². The van der Waals surface area contributed by atoms with Crippen LogP contribution in [0, 0.1) is 0 Å².